The van der Waals surface area contributed by atoms with Crippen molar-refractivity contribution < 1.29 is 50.8 Å². The Hall–Kier alpha value is -4.00. The number of benzene rings is 2. The number of aryl methyl sites for hydroxylation is 1. The van der Waals surface area contributed by atoms with Crippen LogP contribution in [-0.2, 0) is 19.5 Å². The van der Waals surface area contributed by atoms with Crippen molar-refractivity contribution >= 4 is 54.5 Å². The molecule has 13 nitrogen and oxygen atoms in total. The zero-order valence-electron chi connectivity index (χ0n) is 27.1. The highest BCUT2D eigenvalue weighted by Crippen LogP contribution is 2.43. The first-order chi connectivity index (χ1) is 22.8. The van der Waals surface area contributed by atoms with Gasteiger partial charge in [0, 0.05) is 31.5 Å². The number of aliphatic hydroxyl groups is 1. The Balaban J connectivity index is 1.71. The maximum atomic E-state index is 13.9. The third-order valence-corrected chi connectivity index (χ3v) is 9.66. The molecule has 2 aromatic heterocycles. The lowest BCUT2D eigenvalue weighted by molar-refractivity contribution is -0.0448. The maximum absolute atomic E-state index is 13.9. The van der Waals surface area contributed by atoms with Crippen LogP contribution in [0, 0.1) is 6.92 Å². The van der Waals surface area contributed by atoms with Crippen LogP contribution in [0.4, 0.5) is 29.3 Å². The quantitative estimate of drug-likeness (QED) is 0.200. The van der Waals surface area contributed by atoms with Crippen LogP contribution in [-0.4, -0.2) is 89.3 Å². The summed E-state index contributed by atoms with van der Waals surface area (Å²) in [6.07, 6.45) is -1.74. The molecule has 1 saturated heterocycles. The number of imidazole rings is 1. The highest BCUT2D eigenvalue weighted by molar-refractivity contribution is 9.10. The predicted octanol–water partition coefficient (Wildman–Crippen LogP) is 5.75. The van der Waals surface area contributed by atoms with Crippen LogP contribution in [0.15, 0.2) is 41.0 Å². The standard InChI is InChI=1S/C31H35BrF3N5O8S/c1-17-12-19(38-8-10-47-11-9-38)14-22-26(17)37-27(40(22)29(43)48-30(2,3)4)25-21(16-39(28(25)42)49(44,45)31(33,34)35)36-15-23(41)18-6-7-24(46-5)20(32)13-18/h6-7,12-14,16,23,36,41-42H,8-11,15H2,1-5H3/t23-/m1/s1. The Morgan fingerprint density at radius 1 is 1.16 bits per heavy atom. The minimum absolute atomic E-state index is 0.200. The van der Waals surface area contributed by atoms with Crippen molar-refractivity contribution in [2.75, 3.05) is 50.2 Å². The topological polar surface area (TPSA) is 157 Å². The van der Waals surface area contributed by atoms with Gasteiger partial charge in [-0.3, -0.25) is 0 Å². The van der Waals surface area contributed by atoms with Crippen LogP contribution in [0.25, 0.3) is 22.4 Å². The predicted molar refractivity (Wildman–Crippen MR) is 179 cm³/mol. The van der Waals surface area contributed by atoms with Gasteiger partial charge in [-0.1, -0.05) is 6.07 Å². The smallest absolute Gasteiger partial charge is 0.496 e. The molecule has 1 aliphatic rings. The molecule has 0 bridgehead atoms. The van der Waals surface area contributed by atoms with Crippen LogP contribution in [0.3, 0.4) is 0 Å². The summed E-state index contributed by atoms with van der Waals surface area (Å²) in [5.74, 6) is -1.28. The number of nitrogens with zero attached hydrogens (tertiary/aromatic N) is 4. The highest BCUT2D eigenvalue weighted by Gasteiger charge is 2.49. The summed E-state index contributed by atoms with van der Waals surface area (Å²) in [5, 5.41) is 25.0. The molecule has 0 radical (unpaired) electrons. The number of hydrogen-bond acceptors (Lipinski definition) is 11. The number of carbonyl (C=O) groups is 1. The van der Waals surface area contributed by atoms with E-state index >= 15 is 0 Å². The minimum Gasteiger partial charge on any atom is -0.496 e. The van der Waals surface area contributed by atoms with E-state index in [4.69, 9.17) is 14.2 Å². The molecule has 0 amide bonds. The summed E-state index contributed by atoms with van der Waals surface area (Å²) in [4.78, 5) is 20.4. The molecule has 1 aliphatic heterocycles. The van der Waals surface area contributed by atoms with E-state index in [0.717, 1.165) is 4.57 Å². The number of halogens is 4. The van der Waals surface area contributed by atoms with Gasteiger partial charge in [0.15, 0.2) is 5.82 Å². The molecule has 1 atom stereocenters. The van der Waals surface area contributed by atoms with Crippen molar-refractivity contribution in [1.82, 2.24) is 13.5 Å². The van der Waals surface area contributed by atoms with Crippen molar-refractivity contribution in [1.29, 1.82) is 0 Å². The zero-order chi connectivity index (χ0) is 36.1. The molecule has 3 N–H and O–H groups in total. The second-order valence-corrected chi connectivity index (χ2v) is 14.9. The first-order valence-electron chi connectivity index (χ1n) is 14.9. The molecule has 2 aromatic carbocycles. The number of morpholine rings is 1. The van der Waals surface area contributed by atoms with Gasteiger partial charge in [0.25, 0.3) is 0 Å². The SMILES string of the molecule is COc1ccc([C@H](O)CNc2cn(S(=O)(=O)C(F)(F)F)c(O)c2-c2nc3c(C)cc(N4CCOCC4)cc3n2C(=O)OC(C)(C)C)cc1Br. The van der Waals surface area contributed by atoms with Gasteiger partial charge in [-0.25, -0.2) is 18.3 Å². The van der Waals surface area contributed by atoms with Crippen LogP contribution >= 0.6 is 15.9 Å². The van der Waals surface area contributed by atoms with Gasteiger partial charge in [0.1, 0.15) is 16.9 Å². The molecular weight excluding hydrogens is 739 g/mol. The van der Waals surface area contributed by atoms with Gasteiger partial charge in [-0.15, -0.1) is 0 Å². The average Bonchev–Trinajstić information content (AvgIpc) is 3.56. The molecule has 4 aromatic rings. The number of aromatic hydroxyl groups is 1. The van der Waals surface area contributed by atoms with Crippen LogP contribution in [0.5, 0.6) is 11.6 Å². The Kier molecular flexibility index (Phi) is 9.90. The van der Waals surface area contributed by atoms with E-state index in [2.05, 4.69) is 26.2 Å². The molecule has 0 unspecified atom stereocenters. The van der Waals surface area contributed by atoms with Gasteiger partial charge < -0.3 is 34.6 Å². The Morgan fingerprint density at radius 3 is 2.43 bits per heavy atom. The fourth-order valence-corrected chi connectivity index (χ4v) is 6.67. The number of nitrogens with one attached hydrogen (secondary N) is 1. The van der Waals surface area contributed by atoms with E-state index < -0.39 is 50.6 Å². The van der Waals surface area contributed by atoms with Gasteiger partial charge in [0.05, 0.1) is 47.6 Å². The Bertz CT molecular complexity index is 2000. The van der Waals surface area contributed by atoms with Crippen molar-refractivity contribution in [3.63, 3.8) is 0 Å². The number of anilines is 2. The minimum atomic E-state index is -6.17. The van der Waals surface area contributed by atoms with E-state index in [1.54, 1.807) is 52.0 Å². The molecule has 5 rings (SSSR count). The van der Waals surface area contributed by atoms with Gasteiger partial charge in [-0.2, -0.15) is 21.6 Å². The summed E-state index contributed by atoms with van der Waals surface area (Å²) < 4.78 is 84.2. The number of methoxy groups -OCH3 is 1. The Labute approximate surface area is 288 Å². The fourth-order valence-electron chi connectivity index (χ4n) is 5.33. The lowest BCUT2D eigenvalue weighted by Crippen LogP contribution is -2.36. The molecule has 3 heterocycles. The molecule has 18 heteroatoms. The molecule has 49 heavy (non-hydrogen) atoms. The van der Waals surface area contributed by atoms with E-state index in [1.165, 1.54) is 7.11 Å². The zero-order valence-corrected chi connectivity index (χ0v) is 29.5. The lowest BCUT2D eigenvalue weighted by atomic mass is 10.1. The average molecular weight is 775 g/mol. The van der Waals surface area contributed by atoms with Crippen LogP contribution in [0.2, 0.25) is 0 Å². The second-order valence-electron chi connectivity index (χ2n) is 12.3. The summed E-state index contributed by atoms with van der Waals surface area (Å²) in [5.41, 5.74) is -5.65. The number of alkyl halides is 3. The number of ether oxygens (including phenoxy) is 3. The van der Waals surface area contributed by atoms with Gasteiger partial charge >= 0.3 is 21.6 Å². The van der Waals surface area contributed by atoms with Crippen molar-refractivity contribution in [3.05, 3.63) is 52.1 Å². The van der Waals surface area contributed by atoms with E-state index in [9.17, 15) is 36.6 Å². The number of fused-ring (bicyclic) bond motifs is 1. The number of aromatic nitrogens is 3. The summed E-state index contributed by atoms with van der Waals surface area (Å²) in [6, 6.07) is 8.20. The molecule has 266 valence electrons. The molecule has 0 aliphatic carbocycles. The van der Waals surface area contributed by atoms with Gasteiger partial charge in [0.2, 0.25) is 5.88 Å². The molecule has 0 spiro atoms. The van der Waals surface area contributed by atoms with Crippen LogP contribution in [0.1, 0.15) is 38.0 Å². The summed E-state index contributed by atoms with van der Waals surface area (Å²) in [7, 11) is -4.71. The van der Waals surface area contributed by atoms with Gasteiger partial charge in [-0.05, 0) is 79.0 Å². The summed E-state index contributed by atoms with van der Waals surface area (Å²) in [6.45, 7) is 8.25. The van der Waals surface area contributed by atoms with E-state index in [-0.39, 0.29) is 27.2 Å². The number of carbonyl (C=O) groups excluding carboxylic acids is 1. The van der Waals surface area contributed by atoms with Crippen molar-refractivity contribution in [3.8, 4) is 23.0 Å². The molecule has 1 fully saturated rings. The lowest BCUT2D eigenvalue weighted by Gasteiger charge is -2.29. The number of aliphatic hydroxyl groups excluding tert-OH is 1. The van der Waals surface area contributed by atoms with Crippen LogP contribution < -0.4 is 15.0 Å². The third kappa shape index (κ3) is 7.18. The van der Waals surface area contributed by atoms with E-state index in [1.807, 2.05) is 11.0 Å². The fraction of sp³-hybridized carbons (Fsp3) is 0.419. The highest BCUT2D eigenvalue weighted by atomic mass is 79.9. The van der Waals surface area contributed by atoms with Crippen molar-refractivity contribution in [2.24, 2.45) is 0 Å². The first kappa shape index (κ1) is 36.3. The monoisotopic (exact) mass is 773 g/mol. The Morgan fingerprint density at radius 2 is 1.84 bits per heavy atom. The maximum Gasteiger partial charge on any atom is 0.517 e. The number of rotatable bonds is 8. The van der Waals surface area contributed by atoms with E-state index in [0.29, 0.717) is 59.5 Å². The number of hydrogen-bond donors (Lipinski definition) is 3. The van der Waals surface area contributed by atoms with Crippen molar-refractivity contribution in [2.45, 2.75) is 44.9 Å². The third-order valence-electron chi connectivity index (χ3n) is 7.66. The normalized spacial score (nSPS) is 15.0. The first-order valence-corrected chi connectivity index (χ1v) is 17.2. The largest absolute Gasteiger partial charge is 0.517 e. The second kappa shape index (κ2) is 13.4. The summed E-state index contributed by atoms with van der Waals surface area (Å²) >= 11 is 3.33. The molecular formula is C31H35BrF3N5O8S. The molecule has 0 saturated carbocycles.